The van der Waals surface area contributed by atoms with Gasteiger partial charge in [-0.25, -0.2) is 4.98 Å². The molecular formula is C28H29N3. The second-order valence-corrected chi connectivity index (χ2v) is 8.05. The number of hydrogen-bond donors (Lipinski definition) is 2. The van der Waals surface area contributed by atoms with Gasteiger partial charge in [-0.3, -0.25) is 0 Å². The molecule has 3 aromatic carbocycles. The van der Waals surface area contributed by atoms with Gasteiger partial charge in [-0.1, -0.05) is 61.5 Å². The number of H-pyrrole nitrogens is 1. The lowest BCUT2D eigenvalue weighted by Crippen LogP contribution is -2.11. The molecule has 0 radical (unpaired) electrons. The van der Waals surface area contributed by atoms with Gasteiger partial charge in [0, 0.05) is 16.9 Å². The first-order valence-corrected chi connectivity index (χ1v) is 10.7. The summed E-state index contributed by atoms with van der Waals surface area (Å²) in [6, 6.07) is 23.4. The van der Waals surface area contributed by atoms with Crippen LogP contribution < -0.4 is 5.32 Å². The molecule has 0 spiro atoms. The number of imidazole rings is 1. The van der Waals surface area contributed by atoms with Crippen molar-refractivity contribution < 1.29 is 0 Å². The van der Waals surface area contributed by atoms with Crippen LogP contribution in [-0.4, -0.2) is 9.97 Å². The van der Waals surface area contributed by atoms with Gasteiger partial charge in [-0.2, -0.15) is 0 Å². The van der Waals surface area contributed by atoms with E-state index in [1.807, 2.05) is 13.0 Å². The monoisotopic (exact) mass is 407 g/mol. The van der Waals surface area contributed by atoms with Gasteiger partial charge >= 0.3 is 0 Å². The number of rotatable bonds is 2. The fourth-order valence-electron chi connectivity index (χ4n) is 3.96. The van der Waals surface area contributed by atoms with Gasteiger partial charge in [0.1, 0.15) is 5.82 Å². The summed E-state index contributed by atoms with van der Waals surface area (Å²) in [5.41, 5.74) is 11.9. The quantitative estimate of drug-likeness (QED) is 0.369. The molecule has 0 amide bonds. The molecule has 1 aliphatic heterocycles. The summed E-state index contributed by atoms with van der Waals surface area (Å²) in [5.74, 6) is 0.984. The first kappa shape index (κ1) is 20.7. The summed E-state index contributed by atoms with van der Waals surface area (Å²) < 4.78 is 0. The highest BCUT2D eigenvalue weighted by Crippen LogP contribution is 2.39. The van der Waals surface area contributed by atoms with E-state index < -0.39 is 0 Å². The van der Waals surface area contributed by atoms with Crippen molar-refractivity contribution in [2.45, 2.75) is 34.1 Å². The van der Waals surface area contributed by atoms with E-state index in [1.165, 1.54) is 33.4 Å². The predicted molar refractivity (Wildman–Crippen MR) is 132 cm³/mol. The van der Waals surface area contributed by atoms with Gasteiger partial charge < -0.3 is 10.3 Å². The maximum atomic E-state index is 4.33. The SMILES string of the molecule is C=C1Nc2ccc(C)cc2C(c2ccccc2)=C1C.CCc1ccc2nc(C)[nH]c2c1. The van der Waals surface area contributed by atoms with Crippen LogP contribution in [0.15, 0.2) is 84.6 Å². The van der Waals surface area contributed by atoms with Crippen molar-refractivity contribution in [3.8, 4) is 0 Å². The van der Waals surface area contributed by atoms with Crippen LogP contribution in [0.4, 0.5) is 5.69 Å². The normalized spacial score (nSPS) is 12.8. The number of hydrogen-bond acceptors (Lipinski definition) is 2. The zero-order valence-electron chi connectivity index (χ0n) is 18.7. The molecule has 4 aromatic rings. The Hall–Kier alpha value is -3.59. The third-order valence-electron chi connectivity index (χ3n) is 5.69. The first-order chi connectivity index (χ1) is 15.0. The Labute approximate surface area is 184 Å². The number of aromatic nitrogens is 2. The molecule has 3 nitrogen and oxygen atoms in total. The Bertz CT molecular complexity index is 1280. The maximum Gasteiger partial charge on any atom is 0.104 e. The second-order valence-electron chi connectivity index (χ2n) is 8.05. The van der Waals surface area contributed by atoms with E-state index in [2.05, 4.69) is 103 Å². The Morgan fingerprint density at radius 1 is 0.903 bits per heavy atom. The summed E-state index contributed by atoms with van der Waals surface area (Å²) in [6.45, 7) is 12.5. The minimum absolute atomic E-state index is 0.982. The third-order valence-corrected chi connectivity index (χ3v) is 5.69. The largest absolute Gasteiger partial charge is 0.355 e. The van der Waals surface area contributed by atoms with Gasteiger partial charge in [0.25, 0.3) is 0 Å². The van der Waals surface area contributed by atoms with Crippen LogP contribution in [0.25, 0.3) is 16.6 Å². The van der Waals surface area contributed by atoms with Crippen LogP contribution >= 0.6 is 0 Å². The van der Waals surface area contributed by atoms with E-state index in [9.17, 15) is 0 Å². The topological polar surface area (TPSA) is 40.7 Å². The molecule has 0 fully saturated rings. The number of nitrogens with zero attached hydrogens (tertiary/aromatic N) is 1. The highest BCUT2D eigenvalue weighted by Gasteiger charge is 2.19. The molecule has 156 valence electrons. The number of anilines is 1. The zero-order chi connectivity index (χ0) is 22.0. The van der Waals surface area contributed by atoms with Crippen LogP contribution in [0.3, 0.4) is 0 Å². The van der Waals surface area contributed by atoms with E-state index in [1.54, 1.807) is 0 Å². The van der Waals surface area contributed by atoms with Crippen LogP contribution in [0, 0.1) is 13.8 Å². The molecule has 31 heavy (non-hydrogen) atoms. The molecule has 5 rings (SSSR count). The average Bonchev–Trinajstić information content (AvgIpc) is 3.15. The molecule has 1 aliphatic rings. The molecule has 0 bridgehead atoms. The fraction of sp³-hybridized carbons (Fsp3) is 0.179. The van der Waals surface area contributed by atoms with Gasteiger partial charge in [0.15, 0.2) is 0 Å². The number of allylic oxidation sites excluding steroid dienone is 1. The van der Waals surface area contributed by atoms with Crippen LogP contribution in [-0.2, 0) is 6.42 Å². The van der Waals surface area contributed by atoms with Gasteiger partial charge in [-0.15, -0.1) is 0 Å². The molecule has 1 aromatic heterocycles. The minimum atomic E-state index is 0.982. The summed E-state index contributed by atoms with van der Waals surface area (Å²) in [6.07, 6.45) is 1.08. The lowest BCUT2D eigenvalue weighted by atomic mass is 9.88. The van der Waals surface area contributed by atoms with Crippen LogP contribution in [0.5, 0.6) is 0 Å². The Morgan fingerprint density at radius 2 is 1.68 bits per heavy atom. The molecule has 0 saturated carbocycles. The summed E-state index contributed by atoms with van der Waals surface area (Å²) >= 11 is 0. The summed E-state index contributed by atoms with van der Waals surface area (Å²) in [5, 5.41) is 3.38. The van der Waals surface area contributed by atoms with E-state index in [0.29, 0.717) is 0 Å². The van der Waals surface area contributed by atoms with Crippen molar-refractivity contribution in [2.75, 3.05) is 5.32 Å². The zero-order valence-corrected chi connectivity index (χ0v) is 18.7. The van der Waals surface area contributed by atoms with Crippen molar-refractivity contribution in [2.24, 2.45) is 0 Å². The number of nitrogens with one attached hydrogen (secondary N) is 2. The van der Waals surface area contributed by atoms with E-state index >= 15 is 0 Å². The molecule has 0 saturated heterocycles. The molecule has 3 heteroatoms. The molecule has 0 atom stereocenters. The highest BCUT2D eigenvalue weighted by molar-refractivity contribution is 5.93. The lowest BCUT2D eigenvalue weighted by Gasteiger charge is -2.25. The van der Waals surface area contributed by atoms with Crippen molar-refractivity contribution >= 4 is 22.3 Å². The van der Waals surface area contributed by atoms with E-state index in [0.717, 1.165) is 34.7 Å². The van der Waals surface area contributed by atoms with Crippen LogP contribution in [0.2, 0.25) is 0 Å². The van der Waals surface area contributed by atoms with Crippen molar-refractivity contribution in [3.05, 3.63) is 113 Å². The van der Waals surface area contributed by atoms with Crippen molar-refractivity contribution in [1.82, 2.24) is 9.97 Å². The van der Waals surface area contributed by atoms with Crippen molar-refractivity contribution in [3.63, 3.8) is 0 Å². The Kier molecular flexibility index (Phi) is 5.77. The summed E-state index contributed by atoms with van der Waals surface area (Å²) in [4.78, 5) is 7.56. The fourth-order valence-corrected chi connectivity index (χ4v) is 3.96. The lowest BCUT2D eigenvalue weighted by molar-refractivity contribution is 1.14. The van der Waals surface area contributed by atoms with Gasteiger partial charge in [0.2, 0.25) is 0 Å². The number of benzene rings is 3. The van der Waals surface area contributed by atoms with E-state index in [4.69, 9.17) is 0 Å². The molecule has 2 N–H and O–H groups in total. The number of aryl methyl sites for hydroxylation is 3. The van der Waals surface area contributed by atoms with Crippen molar-refractivity contribution in [1.29, 1.82) is 0 Å². The Balaban J connectivity index is 0.000000166. The van der Waals surface area contributed by atoms with E-state index in [-0.39, 0.29) is 0 Å². The Morgan fingerprint density at radius 3 is 2.42 bits per heavy atom. The number of fused-ring (bicyclic) bond motifs is 2. The summed E-state index contributed by atoms with van der Waals surface area (Å²) in [7, 11) is 0. The average molecular weight is 408 g/mol. The first-order valence-electron chi connectivity index (χ1n) is 10.7. The van der Waals surface area contributed by atoms with Gasteiger partial charge in [0.05, 0.1) is 11.0 Å². The maximum absolute atomic E-state index is 4.33. The second kappa shape index (κ2) is 8.65. The minimum Gasteiger partial charge on any atom is -0.355 e. The molecule has 2 heterocycles. The highest BCUT2D eigenvalue weighted by atomic mass is 14.9. The van der Waals surface area contributed by atoms with Crippen LogP contribution in [0.1, 0.15) is 41.9 Å². The standard InChI is InChI=1S/C18H17N.C10H12N2/c1-12-9-10-17-16(11-12)18(13(2)14(3)19-17)15-7-5-4-6-8-15;1-3-8-4-5-9-10(6-8)12-7(2)11-9/h4-11,19H,3H2,1-2H3;4-6H,3H2,1-2H3,(H,11,12). The third kappa shape index (κ3) is 4.31. The molecule has 0 aliphatic carbocycles. The van der Waals surface area contributed by atoms with Gasteiger partial charge in [-0.05, 0) is 73.7 Å². The number of aromatic amines is 1. The molecule has 0 unspecified atom stereocenters. The predicted octanol–water partition coefficient (Wildman–Crippen LogP) is 7.19. The smallest absolute Gasteiger partial charge is 0.104 e. The molecular weight excluding hydrogens is 378 g/mol.